The Kier molecular flexibility index (Phi) is 6.28. The molecule has 0 aromatic rings. The smallest absolute Gasteiger partial charge is 0.331 e. The number of ether oxygens (including phenoxy) is 1. The molecule has 0 aliphatic rings. The van der Waals surface area contributed by atoms with Crippen molar-refractivity contribution in [2.45, 2.75) is 45.1 Å². The van der Waals surface area contributed by atoms with Crippen LogP contribution in [-0.4, -0.2) is 52.4 Å². The summed E-state index contributed by atoms with van der Waals surface area (Å²) < 4.78 is 4.78. The SMILES string of the molecule is CC(=O)N[C@H](C(=O)O[C@H](C)[C@H](N)C(=O)O)[C@@H](C)O. The fourth-order valence-electron chi connectivity index (χ4n) is 1.13. The molecule has 0 aliphatic heterocycles. The van der Waals surface area contributed by atoms with Gasteiger partial charge in [-0.3, -0.25) is 9.59 Å². The van der Waals surface area contributed by atoms with Gasteiger partial charge in [0.05, 0.1) is 6.10 Å². The summed E-state index contributed by atoms with van der Waals surface area (Å²) in [4.78, 5) is 33.0. The topological polar surface area (TPSA) is 139 Å². The van der Waals surface area contributed by atoms with Crippen LogP contribution in [0.15, 0.2) is 0 Å². The van der Waals surface area contributed by atoms with E-state index in [2.05, 4.69) is 5.32 Å². The van der Waals surface area contributed by atoms with Crippen molar-refractivity contribution in [1.82, 2.24) is 5.32 Å². The lowest BCUT2D eigenvalue weighted by atomic mass is 10.1. The van der Waals surface area contributed by atoms with E-state index in [1.54, 1.807) is 0 Å². The molecule has 0 spiro atoms. The molecule has 0 aromatic carbocycles. The number of nitrogens with one attached hydrogen (secondary N) is 1. The van der Waals surface area contributed by atoms with Gasteiger partial charge in [0.25, 0.3) is 0 Å². The molecule has 8 nitrogen and oxygen atoms in total. The third-order valence-electron chi connectivity index (χ3n) is 2.19. The predicted molar refractivity (Wildman–Crippen MR) is 60.5 cm³/mol. The number of amides is 1. The Morgan fingerprint density at radius 3 is 2.11 bits per heavy atom. The summed E-state index contributed by atoms with van der Waals surface area (Å²) in [7, 11) is 0. The number of carboxylic acid groups (broad SMARTS) is 1. The maximum absolute atomic E-state index is 11.6. The number of hydrogen-bond donors (Lipinski definition) is 4. The Hall–Kier alpha value is -1.67. The molecule has 0 bridgehead atoms. The summed E-state index contributed by atoms with van der Waals surface area (Å²) in [5.74, 6) is -2.78. The van der Waals surface area contributed by atoms with Crippen molar-refractivity contribution in [3.05, 3.63) is 0 Å². The second-order valence-electron chi connectivity index (χ2n) is 3.92. The quantitative estimate of drug-likeness (QED) is 0.415. The van der Waals surface area contributed by atoms with Gasteiger partial charge >= 0.3 is 11.9 Å². The van der Waals surface area contributed by atoms with Crippen LogP contribution >= 0.6 is 0 Å². The van der Waals surface area contributed by atoms with Gasteiger partial charge in [-0.25, -0.2) is 4.79 Å². The van der Waals surface area contributed by atoms with Crippen molar-refractivity contribution in [3.8, 4) is 0 Å². The Morgan fingerprint density at radius 1 is 1.28 bits per heavy atom. The number of aliphatic hydroxyl groups is 1. The van der Waals surface area contributed by atoms with Crippen LogP contribution in [-0.2, 0) is 19.1 Å². The van der Waals surface area contributed by atoms with E-state index in [1.165, 1.54) is 20.8 Å². The third-order valence-corrected chi connectivity index (χ3v) is 2.19. The van der Waals surface area contributed by atoms with Crippen LogP contribution in [0.3, 0.4) is 0 Å². The minimum atomic E-state index is -1.37. The van der Waals surface area contributed by atoms with Crippen molar-refractivity contribution in [2.75, 3.05) is 0 Å². The van der Waals surface area contributed by atoms with E-state index in [4.69, 9.17) is 15.6 Å². The first-order valence-corrected chi connectivity index (χ1v) is 5.30. The molecule has 0 rings (SSSR count). The molecular formula is C10H18N2O6. The van der Waals surface area contributed by atoms with E-state index in [-0.39, 0.29) is 0 Å². The highest BCUT2D eigenvalue weighted by Gasteiger charge is 2.30. The number of carbonyl (C=O) groups is 3. The molecule has 0 fully saturated rings. The molecule has 0 unspecified atom stereocenters. The Morgan fingerprint density at radius 2 is 1.78 bits per heavy atom. The van der Waals surface area contributed by atoms with Crippen LogP contribution in [0.2, 0.25) is 0 Å². The molecule has 0 aliphatic carbocycles. The molecular weight excluding hydrogens is 244 g/mol. The van der Waals surface area contributed by atoms with Gasteiger partial charge in [0.15, 0.2) is 6.04 Å². The maximum Gasteiger partial charge on any atom is 0.331 e. The molecule has 4 atom stereocenters. The van der Waals surface area contributed by atoms with Crippen molar-refractivity contribution in [3.63, 3.8) is 0 Å². The number of hydrogen-bond acceptors (Lipinski definition) is 6. The Bertz CT molecular complexity index is 330. The number of aliphatic hydroxyl groups excluding tert-OH is 1. The molecule has 1 amide bonds. The van der Waals surface area contributed by atoms with Crippen LogP contribution in [0, 0.1) is 0 Å². The van der Waals surface area contributed by atoms with Gasteiger partial charge in [-0.15, -0.1) is 0 Å². The first kappa shape index (κ1) is 16.3. The third kappa shape index (κ3) is 5.11. The largest absolute Gasteiger partial charge is 0.480 e. The van der Waals surface area contributed by atoms with Gasteiger partial charge in [0.1, 0.15) is 12.1 Å². The first-order chi connectivity index (χ1) is 8.16. The van der Waals surface area contributed by atoms with Gasteiger partial charge in [-0.1, -0.05) is 0 Å². The number of carbonyl (C=O) groups excluding carboxylic acids is 2. The normalized spacial score (nSPS) is 17.2. The monoisotopic (exact) mass is 262 g/mol. The molecule has 0 saturated carbocycles. The maximum atomic E-state index is 11.6. The lowest BCUT2D eigenvalue weighted by molar-refractivity contribution is -0.158. The van der Waals surface area contributed by atoms with E-state index in [0.717, 1.165) is 0 Å². The van der Waals surface area contributed by atoms with Crippen molar-refractivity contribution >= 4 is 17.8 Å². The minimum absolute atomic E-state index is 0.520. The summed E-state index contributed by atoms with van der Waals surface area (Å²) in [5, 5.41) is 20.2. The fourth-order valence-corrected chi connectivity index (χ4v) is 1.13. The summed E-state index contributed by atoms with van der Waals surface area (Å²) in [5.41, 5.74) is 5.26. The number of carboxylic acids is 1. The highest BCUT2D eigenvalue weighted by molar-refractivity contribution is 5.84. The molecule has 8 heteroatoms. The molecule has 0 heterocycles. The standard InChI is InChI=1S/C10H18N2O6/c1-4(13)8(12-6(3)14)10(17)18-5(2)7(11)9(15)16/h4-5,7-8,13H,11H2,1-3H3,(H,12,14)(H,15,16)/t4-,5-,7+,8+/m1/s1. The van der Waals surface area contributed by atoms with Gasteiger partial charge < -0.3 is 26.0 Å². The van der Waals surface area contributed by atoms with Crippen LogP contribution in [0.4, 0.5) is 0 Å². The zero-order valence-electron chi connectivity index (χ0n) is 10.4. The van der Waals surface area contributed by atoms with Crippen molar-refractivity contribution in [2.24, 2.45) is 5.73 Å². The van der Waals surface area contributed by atoms with Crippen LogP contribution in [0.25, 0.3) is 0 Å². The predicted octanol–water partition coefficient (Wildman–Crippen LogP) is -1.78. The number of aliphatic carboxylic acids is 1. The summed E-state index contributed by atoms with van der Waals surface area (Å²) in [6, 6.07) is -2.63. The van der Waals surface area contributed by atoms with Gasteiger partial charge in [0.2, 0.25) is 5.91 Å². The van der Waals surface area contributed by atoms with E-state index in [1.807, 2.05) is 0 Å². The second-order valence-corrected chi connectivity index (χ2v) is 3.92. The fraction of sp³-hybridized carbons (Fsp3) is 0.700. The molecule has 5 N–H and O–H groups in total. The highest BCUT2D eigenvalue weighted by atomic mass is 16.5. The first-order valence-electron chi connectivity index (χ1n) is 5.30. The van der Waals surface area contributed by atoms with Crippen molar-refractivity contribution < 1.29 is 29.3 Å². The molecule has 18 heavy (non-hydrogen) atoms. The highest BCUT2D eigenvalue weighted by Crippen LogP contribution is 2.03. The zero-order valence-corrected chi connectivity index (χ0v) is 10.4. The number of nitrogens with two attached hydrogens (primary N) is 1. The van der Waals surface area contributed by atoms with Crippen LogP contribution in [0.1, 0.15) is 20.8 Å². The number of esters is 1. The summed E-state index contributed by atoms with van der Waals surface area (Å²) in [6.07, 6.45) is -2.25. The van der Waals surface area contributed by atoms with Gasteiger partial charge in [0, 0.05) is 6.92 Å². The van der Waals surface area contributed by atoms with E-state index in [0.29, 0.717) is 0 Å². The Balaban J connectivity index is 4.60. The summed E-state index contributed by atoms with van der Waals surface area (Å²) >= 11 is 0. The molecule has 104 valence electrons. The van der Waals surface area contributed by atoms with E-state index in [9.17, 15) is 19.5 Å². The second kappa shape index (κ2) is 6.92. The van der Waals surface area contributed by atoms with Crippen LogP contribution < -0.4 is 11.1 Å². The van der Waals surface area contributed by atoms with E-state index < -0.39 is 42.1 Å². The average Bonchev–Trinajstić information content (AvgIpc) is 2.23. The lowest BCUT2D eigenvalue weighted by Gasteiger charge is -2.23. The lowest BCUT2D eigenvalue weighted by Crippen LogP contribution is -2.51. The number of rotatable bonds is 6. The molecule has 0 aromatic heterocycles. The minimum Gasteiger partial charge on any atom is -0.480 e. The summed E-state index contributed by atoms with van der Waals surface area (Å²) in [6.45, 7) is 3.78. The van der Waals surface area contributed by atoms with E-state index >= 15 is 0 Å². The Labute approximate surface area is 104 Å². The zero-order chi connectivity index (χ0) is 14.5. The molecule has 0 radical (unpaired) electrons. The molecule has 0 saturated heterocycles. The van der Waals surface area contributed by atoms with Gasteiger partial charge in [-0.2, -0.15) is 0 Å². The average molecular weight is 262 g/mol. The van der Waals surface area contributed by atoms with Gasteiger partial charge in [-0.05, 0) is 13.8 Å². The van der Waals surface area contributed by atoms with Crippen LogP contribution in [0.5, 0.6) is 0 Å². The van der Waals surface area contributed by atoms with Crippen molar-refractivity contribution in [1.29, 1.82) is 0 Å².